The van der Waals surface area contributed by atoms with Gasteiger partial charge in [0.2, 0.25) is 5.75 Å². The largest absolute Gasteiger partial charge is 0.504 e. The van der Waals surface area contributed by atoms with E-state index in [-0.39, 0.29) is 5.75 Å². The summed E-state index contributed by atoms with van der Waals surface area (Å²) in [5.74, 6) is 2.68. The molecule has 3 rings (SSSR count). The minimum absolute atomic E-state index is 0.216. The molecule has 1 aliphatic heterocycles. The normalized spacial score (nSPS) is 13.8. The van der Waals surface area contributed by atoms with Crippen molar-refractivity contribution in [2.75, 3.05) is 34.5 Å². The van der Waals surface area contributed by atoms with Gasteiger partial charge in [-0.15, -0.1) is 0 Å². The maximum Gasteiger partial charge on any atom is 0.203 e. The molecule has 0 amide bonds. The first-order valence-corrected chi connectivity index (χ1v) is 9.08. The van der Waals surface area contributed by atoms with Gasteiger partial charge >= 0.3 is 0 Å². The van der Waals surface area contributed by atoms with Crippen LogP contribution >= 0.6 is 0 Å². The van der Waals surface area contributed by atoms with Crippen molar-refractivity contribution in [3.05, 3.63) is 41.0 Å². The molecule has 1 heterocycles. The van der Waals surface area contributed by atoms with Crippen LogP contribution in [0.4, 0.5) is 0 Å². The lowest BCUT2D eigenvalue weighted by Crippen LogP contribution is -2.30. The highest BCUT2D eigenvalue weighted by Gasteiger charge is 2.21. The SMILES string of the molecule is CCOc1cc2c(cc1O)CCN(Cc1cc(OC)c(OC)c(OC)c1)C2. The van der Waals surface area contributed by atoms with E-state index >= 15 is 0 Å². The molecule has 0 fully saturated rings. The zero-order valence-corrected chi connectivity index (χ0v) is 16.4. The van der Waals surface area contributed by atoms with Crippen LogP contribution < -0.4 is 18.9 Å². The second kappa shape index (κ2) is 8.39. The van der Waals surface area contributed by atoms with Gasteiger partial charge in [-0.1, -0.05) is 0 Å². The Hall–Kier alpha value is -2.60. The number of benzene rings is 2. The Labute approximate surface area is 160 Å². The summed E-state index contributed by atoms with van der Waals surface area (Å²) in [6.07, 6.45) is 0.889. The third-order valence-corrected chi connectivity index (χ3v) is 4.80. The predicted octanol–water partition coefficient (Wildman–Crippen LogP) is 3.38. The number of aromatic hydroxyl groups is 1. The molecule has 2 aromatic rings. The maximum atomic E-state index is 10.1. The van der Waals surface area contributed by atoms with Crippen molar-refractivity contribution < 1.29 is 24.1 Å². The van der Waals surface area contributed by atoms with Crippen LogP contribution in [0.3, 0.4) is 0 Å². The standard InChI is InChI=1S/C21H27NO5/c1-5-27-18-11-16-13-22(7-6-15(16)10-17(18)23)12-14-8-19(24-2)21(26-4)20(9-14)25-3/h8-11,23H,5-7,12-13H2,1-4H3. The van der Waals surface area contributed by atoms with Gasteiger partial charge in [-0.2, -0.15) is 0 Å². The molecule has 2 aromatic carbocycles. The Morgan fingerprint density at radius 3 is 2.22 bits per heavy atom. The van der Waals surface area contributed by atoms with Gasteiger partial charge in [0.25, 0.3) is 0 Å². The monoisotopic (exact) mass is 373 g/mol. The molecular weight excluding hydrogens is 346 g/mol. The van der Waals surface area contributed by atoms with Crippen LogP contribution in [0.2, 0.25) is 0 Å². The highest BCUT2D eigenvalue weighted by molar-refractivity contribution is 5.54. The number of phenolic OH excluding ortho intramolecular Hbond substituents is 1. The Morgan fingerprint density at radius 1 is 0.926 bits per heavy atom. The van der Waals surface area contributed by atoms with E-state index in [0.29, 0.717) is 29.6 Å². The number of ether oxygens (including phenoxy) is 4. The van der Waals surface area contributed by atoms with Crippen molar-refractivity contribution in [3.8, 4) is 28.7 Å². The molecular formula is C21H27NO5. The van der Waals surface area contributed by atoms with Crippen LogP contribution in [-0.2, 0) is 19.5 Å². The fourth-order valence-corrected chi connectivity index (χ4v) is 3.52. The molecule has 0 aromatic heterocycles. The molecule has 0 unspecified atom stereocenters. The molecule has 1 aliphatic rings. The average Bonchev–Trinajstić information content (AvgIpc) is 2.68. The Morgan fingerprint density at radius 2 is 1.63 bits per heavy atom. The van der Waals surface area contributed by atoms with Crippen LogP contribution in [0.1, 0.15) is 23.6 Å². The van der Waals surface area contributed by atoms with Gasteiger partial charge < -0.3 is 24.1 Å². The Kier molecular flexibility index (Phi) is 5.96. The first-order valence-electron chi connectivity index (χ1n) is 9.08. The second-order valence-corrected chi connectivity index (χ2v) is 6.52. The highest BCUT2D eigenvalue weighted by Crippen LogP contribution is 2.39. The van der Waals surface area contributed by atoms with E-state index < -0.39 is 0 Å². The number of rotatable bonds is 7. The van der Waals surface area contributed by atoms with Gasteiger partial charge in [-0.25, -0.2) is 0 Å². The summed E-state index contributed by atoms with van der Waals surface area (Å²) >= 11 is 0. The van der Waals surface area contributed by atoms with Crippen LogP contribution in [0.5, 0.6) is 28.7 Å². The second-order valence-electron chi connectivity index (χ2n) is 6.52. The summed E-state index contributed by atoms with van der Waals surface area (Å²) in [6, 6.07) is 7.76. The van der Waals surface area contributed by atoms with Gasteiger partial charge in [0, 0.05) is 19.6 Å². The number of fused-ring (bicyclic) bond motifs is 1. The first kappa shape index (κ1) is 19.2. The molecule has 0 bridgehead atoms. The number of hydrogen-bond donors (Lipinski definition) is 1. The molecule has 1 N–H and O–H groups in total. The van der Waals surface area contributed by atoms with Crippen LogP contribution in [0.25, 0.3) is 0 Å². The predicted molar refractivity (Wildman–Crippen MR) is 103 cm³/mol. The molecule has 0 aliphatic carbocycles. The first-order chi connectivity index (χ1) is 13.1. The minimum atomic E-state index is 0.216. The van der Waals surface area contributed by atoms with Crippen molar-refractivity contribution in [1.82, 2.24) is 4.90 Å². The highest BCUT2D eigenvalue weighted by atomic mass is 16.5. The fraction of sp³-hybridized carbons (Fsp3) is 0.429. The smallest absolute Gasteiger partial charge is 0.203 e. The Bertz CT molecular complexity index is 780. The van der Waals surface area contributed by atoms with E-state index in [1.54, 1.807) is 21.3 Å². The number of methoxy groups -OCH3 is 3. The molecule has 0 saturated carbocycles. The number of phenols is 1. The molecule has 146 valence electrons. The summed E-state index contributed by atoms with van der Waals surface area (Å²) in [5, 5.41) is 10.1. The molecule has 0 radical (unpaired) electrons. The summed E-state index contributed by atoms with van der Waals surface area (Å²) in [6.45, 7) is 4.92. The summed E-state index contributed by atoms with van der Waals surface area (Å²) < 4.78 is 21.8. The lowest BCUT2D eigenvalue weighted by molar-refractivity contribution is 0.242. The summed E-state index contributed by atoms with van der Waals surface area (Å²) in [4.78, 5) is 2.36. The molecule has 0 saturated heterocycles. The third-order valence-electron chi connectivity index (χ3n) is 4.80. The van der Waals surface area contributed by atoms with Gasteiger partial charge in [-0.3, -0.25) is 4.90 Å². The van der Waals surface area contributed by atoms with Gasteiger partial charge in [0.15, 0.2) is 23.0 Å². The van der Waals surface area contributed by atoms with E-state index in [4.69, 9.17) is 18.9 Å². The fourth-order valence-electron chi connectivity index (χ4n) is 3.52. The molecule has 6 nitrogen and oxygen atoms in total. The third kappa shape index (κ3) is 4.06. The zero-order valence-electron chi connectivity index (χ0n) is 16.4. The lowest BCUT2D eigenvalue weighted by atomic mass is 9.98. The molecule has 0 atom stereocenters. The molecule has 27 heavy (non-hydrogen) atoms. The van der Waals surface area contributed by atoms with Gasteiger partial charge in [-0.05, 0) is 54.3 Å². The topological polar surface area (TPSA) is 60.4 Å². The van der Waals surface area contributed by atoms with Crippen LogP contribution in [-0.4, -0.2) is 44.5 Å². The zero-order chi connectivity index (χ0) is 19.4. The van der Waals surface area contributed by atoms with Crippen molar-refractivity contribution in [2.45, 2.75) is 26.4 Å². The maximum absolute atomic E-state index is 10.1. The van der Waals surface area contributed by atoms with Gasteiger partial charge in [0.05, 0.1) is 27.9 Å². The Balaban J connectivity index is 1.81. The summed E-state index contributed by atoms with van der Waals surface area (Å²) in [5.41, 5.74) is 3.46. The minimum Gasteiger partial charge on any atom is -0.504 e. The van der Waals surface area contributed by atoms with E-state index in [0.717, 1.165) is 31.6 Å². The van der Waals surface area contributed by atoms with Crippen molar-refractivity contribution in [3.63, 3.8) is 0 Å². The number of hydrogen-bond acceptors (Lipinski definition) is 6. The molecule has 0 spiro atoms. The van der Waals surface area contributed by atoms with E-state index in [9.17, 15) is 5.11 Å². The number of nitrogens with zero attached hydrogens (tertiary/aromatic N) is 1. The van der Waals surface area contributed by atoms with Crippen LogP contribution in [0, 0.1) is 0 Å². The molecule has 6 heteroatoms. The van der Waals surface area contributed by atoms with Crippen molar-refractivity contribution >= 4 is 0 Å². The quantitative estimate of drug-likeness (QED) is 0.803. The lowest BCUT2D eigenvalue weighted by Gasteiger charge is -2.29. The van der Waals surface area contributed by atoms with E-state index in [1.165, 1.54) is 11.1 Å². The van der Waals surface area contributed by atoms with Crippen molar-refractivity contribution in [2.24, 2.45) is 0 Å². The van der Waals surface area contributed by atoms with Crippen LogP contribution in [0.15, 0.2) is 24.3 Å². The van der Waals surface area contributed by atoms with E-state index in [2.05, 4.69) is 4.90 Å². The van der Waals surface area contributed by atoms with E-state index in [1.807, 2.05) is 31.2 Å². The van der Waals surface area contributed by atoms with Gasteiger partial charge in [0.1, 0.15) is 0 Å². The summed E-state index contributed by atoms with van der Waals surface area (Å²) in [7, 11) is 4.85. The van der Waals surface area contributed by atoms with Crippen molar-refractivity contribution in [1.29, 1.82) is 0 Å². The average molecular weight is 373 g/mol.